The molecule has 0 saturated carbocycles. The van der Waals surface area contributed by atoms with Crippen molar-refractivity contribution in [3.8, 4) is 0 Å². The van der Waals surface area contributed by atoms with Crippen molar-refractivity contribution < 1.29 is 19.1 Å². The summed E-state index contributed by atoms with van der Waals surface area (Å²) in [4.78, 5) is 25.8. The number of benzene rings is 2. The zero-order valence-electron chi connectivity index (χ0n) is 12.0. The highest BCUT2D eigenvalue weighted by molar-refractivity contribution is 6.45. The van der Waals surface area contributed by atoms with Crippen molar-refractivity contribution in [2.75, 3.05) is 4.90 Å². The molecule has 116 valence electrons. The minimum absolute atomic E-state index is 0.158. The number of amides is 2. The smallest absolute Gasteiger partial charge is 0.301 e. The number of imide groups is 1. The van der Waals surface area contributed by atoms with E-state index in [1.165, 1.54) is 12.1 Å². The molecule has 0 spiro atoms. The number of carbonyl (C=O) groups excluding carboxylic acids is 2. The Kier molecular flexibility index (Phi) is 3.66. The molecule has 3 rings (SSSR count). The van der Waals surface area contributed by atoms with Crippen LogP contribution in [0.4, 0.5) is 10.1 Å². The third-order valence-electron chi connectivity index (χ3n) is 3.67. The van der Waals surface area contributed by atoms with Crippen LogP contribution in [0.5, 0.6) is 0 Å². The van der Waals surface area contributed by atoms with Crippen LogP contribution in [0.3, 0.4) is 0 Å². The molecule has 2 aromatic rings. The van der Waals surface area contributed by atoms with Gasteiger partial charge in [-0.3, -0.25) is 9.59 Å². The molecule has 1 N–H and O–H groups in total. The third kappa shape index (κ3) is 2.39. The van der Waals surface area contributed by atoms with Crippen LogP contribution in [0.2, 0.25) is 5.02 Å². The van der Waals surface area contributed by atoms with Crippen LogP contribution in [0.25, 0.3) is 5.57 Å². The van der Waals surface area contributed by atoms with Gasteiger partial charge in [-0.05, 0) is 42.3 Å². The van der Waals surface area contributed by atoms with Gasteiger partial charge in [0, 0.05) is 5.02 Å². The van der Waals surface area contributed by atoms with Crippen LogP contribution in [-0.4, -0.2) is 16.9 Å². The summed E-state index contributed by atoms with van der Waals surface area (Å²) in [5.41, 5.74) is 0.957. The summed E-state index contributed by atoms with van der Waals surface area (Å²) < 4.78 is 13.0. The Bertz CT molecular complexity index is 859. The van der Waals surface area contributed by atoms with Crippen molar-refractivity contribution in [3.05, 3.63) is 70.2 Å². The van der Waals surface area contributed by atoms with Crippen molar-refractivity contribution in [2.45, 2.75) is 6.92 Å². The third-order valence-corrected chi connectivity index (χ3v) is 4.08. The number of hydrogen-bond acceptors (Lipinski definition) is 3. The average molecular weight is 332 g/mol. The van der Waals surface area contributed by atoms with Crippen molar-refractivity contribution >= 4 is 34.7 Å². The van der Waals surface area contributed by atoms with Gasteiger partial charge < -0.3 is 5.11 Å². The molecule has 1 heterocycles. The summed E-state index contributed by atoms with van der Waals surface area (Å²) in [6.45, 7) is 1.67. The zero-order chi connectivity index (χ0) is 16.7. The van der Waals surface area contributed by atoms with Crippen LogP contribution >= 0.6 is 11.6 Å². The molecular formula is C17H11ClFNO3. The van der Waals surface area contributed by atoms with Crippen molar-refractivity contribution in [1.29, 1.82) is 0 Å². The lowest BCUT2D eigenvalue weighted by molar-refractivity contribution is -0.121. The van der Waals surface area contributed by atoms with Crippen LogP contribution in [0.1, 0.15) is 11.1 Å². The standard InChI is InChI=1S/C17H11ClFNO3/c1-9-12(18)3-2-4-13(9)20-16(22)14(15(21)17(20)23)10-5-7-11(19)8-6-10/h2-8,21H,1H3. The van der Waals surface area contributed by atoms with Gasteiger partial charge >= 0.3 is 5.91 Å². The van der Waals surface area contributed by atoms with E-state index in [0.717, 1.165) is 17.0 Å². The summed E-state index contributed by atoms with van der Waals surface area (Å²) in [5.74, 6) is -2.65. The molecular weight excluding hydrogens is 321 g/mol. The number of hydrogen-bond donors (Lipinski definition) is 1. The molecule has 4 nitrogen and oxygen atoms in total. The van der Waals surface area contributed by atoms with Gasteiger partial charge in [-0.2, -0.15) is 0 Å². The average Bonchev–Trinajstić information content (AvgIpc) is 2.74. The molecule has 23 heavy (non-hydrogen) atoms. The van der Waals surface area contributed by atoms with Gasteiger partial charge in [0.25, 0.3) is 5.91 Å². The lowest BCUT2D eigenvalue weighted by Gasteiger charge is -2.17. The highest BCUT2D eigenvalue weighted by atomic mass is 35.5. The SMILES string of the molecule is Cc1c(Cl)cccc1N1C(=O)C(O)=C(c2ccc(F)cc2)C1=O. The predicted octanol–water partition coefficient (Wildman–Crippen LogP) is 3.63. The summed E-state index contributed by atoms with van der Waals surface area (Å²) in [6.07, 6.45) is 0. The molecule has 0 radical (unpaired) electrons. The lowest BCUT2D eigenvalue weighted by Crippen LogP contribution is -2.32. The van der Waals surface area contributed by atoms with Gasteiger partial charge in [0.05, 0.1) is 11.3 Å². The first kappa shape index (κ1) is 15.2. The number of aliphatic hydroxyl groups excluding tert-OH is 1. The van der Waals surface area contributed by atoms with E-state index in [9.17, 15) is 19.1 Å². The second-order valence-electron chi connectivity index (χ2n) is 5.06. The number of carbonyl (C=O) groups is 2. The maximum absolute atomic E-state index is 13.0. The molecule has 1 aliphatic heterocycles. The highest BCUT2D eigenvalue weighted by Crippen LogP contribution is 2.35. The van der Waals surface area contributed by atoms with Gasteiger partial charge in [0.15, 0.2) is 5.76 Å². The largest absolute Gasteiger partial charge is 0.502 e. The predicted molar refractivity (Wildman–Crippen MR) is 84.6 cm³/mol. The highest BCUT2D eigenvalue weighted by Gasteiger charge is 2.40. The molecule has 0 atom stereocenters. The number of halogens is 2. The van der Waals surface area contributed by atoms with E-state index in [1.54, 1.807) is 25.1 Å². The van der Waals surface area contributed by atoms with E-state index in [4.69, 9.17) is 11.6 Å². The summed E-state index contributed by atoms with van der Waals surface area (Å²) in [7, 11) is 0. The fraction of sp³-hybridized carbons (Fsp3) is 0.0588. The Labute approximate surface area is 136 Å². The van der Waals surface area contributed by atoms with Crippen molar-refractivity contribution in [3.63, 3.8) is 0 Å². The minimum atomic E-state index is -0.834. The van der Waals surface area contributed by atoms with E-state index < -0.39 is 23.4 Å². The van der Waals surface area contributed by atoms with Gasteiger partial charge in [-0.25, -0.2) is 9.29 Å². The van der Waals surface area contributed by atoms with Gasteiger partial charge in [0.2, 0.25) is 0 Å². The number of nitrogens with zero attached hydrogens (tertiary/aromatic N) is 1. The van der Waals surface area contributed by atoms with E-state index in [0.29, 0.717) is 16.3 Å². The lowest BCUT2D eigenvalue weighted by atomic mass is 10.1. The van der Waals surface area contributed by atoms with Crippen LogP contribution < -0.4 is 4.90 Å². The molecule has 1 aliphatic rings. The first-order valence-corrected chi connectivity index (χ1v) is 7.12. The number of aliphatic hydroxyl groups is 1. The molecule has 0 saturated heterocycles. The number of rotatable bonds is 2. The molecule has 0 fully saturated rings. The second-order valence-corrected chi connectivity index (χ2v) is 5.47. The Balaban J connectivity index is 2.09. The zero-order valence-corrected chi connectivity index (χ0v) is 12.8. The normalized spacial score (nSPS) is 14.8. The Morgan fingerprint density at radius 1 is 1.04 bits per heavy atom. The quantitative estimate of drug-likeness (QED) is 0.855. The Morgan fingerprint density at radius 3 is 2.35 bits per heavy atom. The summed E-state index contributed by atoms with van der Waals surface area (Å²) >= 11 is 6.03. The van der Waals surface area contributed by atoms with Crippen molar-refractivity contribution in [2.24, 2.45) is 0 Å². The van der Waals surface area contributed by atoms with Crippen LogP contribution in [0.15, 0.2) is 48.2 Å². The molecule has 0 aliphatic carbocycles. The number of anilines is 1. The van der Waals surface area contributed by atoms with E-state index in [1.807, 2.05) is 0 Å². The maximum atomic E-state index is 13.0. The van der Waals surface area contributed by atoms with Crippen LogP contribution in [0, 0.1) is 12.7 Å². The maximum Gasteiger partial charge on any atom is 0.301 e. The Morgan fingerprint density at radius 2 is 1.70 bits per heavy atom. The van der Waals surface area contributed by atoms with Gasteiger partial charge in [-0.1, -0.05) is 29.8 Å². The summed E-state index contributed by atoms with van der Waals surface area (Å²) in [6, 6.07) is 9.79. The monoisotopic (exact) mass is 331 g/mol. The minimum Gasteiger partial charge on any atom is -0.502 e. The molecule has 0 bridgehead atoms. The van der Waals surface area contributed by atoms with E-state index in [2.05, 4.69) is 0 Å². The molecule has 2 aromatic carbocycles. The molecule has 2 amide bonds. The molecule has 0 aromatic heterocycles. The first-order chi connectivity index (χ1) is 10.9. The van der Waals surface area contributed by atoms with Gasteiger partial charge in [0.1, 0.15) is 5.82 Å². The molecule has 0 unspecified atom stereocenters. The van der Waals surface area contributed by atoms with E-state index >= 15 is 0 Å². The fourth-order valence-electron chi connectivity index (χ4n) is 2.45. The Hall–Kier alpha value is -2.66. The van der Waals surface area contributed by atoms with E-state index in [-0.39, 0.29) is 11.1 Å². The van der Waals surface area contributed by atoms with Crippen LogP contribution in [-0.2, 0) is 9.59 Å². The molecule has 6 heteroatoms. The fourth-order valence-corrected chi connectivity index (χ4v) is 2.62. The van der Waals surface area contributed by atoms with Crippen molar-refractivity contribution in [1.82, 2.24) is 0 Å². The second kappa shape index (κ2) is 5.52. The topological polar surface area (TPSA) is 57.6 Å². The first-order valence-electron chi connectivity index (χ1n) is 6.75. The van der Waals surface area contributed by atoms with Gasteiger partial charge in [-0.15, -0.1) is 0 Å². The summed E-state index contributed by atoms with van der Waals surface area (Å²) in [5, 5.41) is 10.5.